The maximum absolute atomic E-state index is 4.71. The topological polar surface area (TPSA) is 45.5 Å². The van der Waals surface area contributed by atoms with Gasteiger partial charge in [0.2, 0.25) is 0 Å². The third kappa shape index (κ3) is 2.86. The quantitative estimate of drug-likeness (QED) is 0.604. The first kappa shape index (κ1) is 15.1. The van der Waals surface area contributed by atoms with Crippen LogP contribution in [0.3, 0.4) is 0 Å². The highest BCUT2D eigenvalue weighted by atomic mass is 32.1. The van der Waals surface area contributed by atoms with Crippen LogP contribution in [-0.4, -0.2) is 46.7 Å². The van der Waals surface area contributed by atoms with Crippen LogP contribution in [0.4, 0.5) is 5.82 Å². The molecule has 0 saturated carbocycles. The van der Waals surface area contributed by atoms with Crippen LogP contribution in [-0.2, 0) is 0 Å². The molecule has 0 saturated heterocycles. The number of rotatable bonds is 5. The monoisotopic (exact) mass is 337 g/mol. The third-order valence-electron chi connectivity index (χ3n) is 3.91. The van der Waals surface area contributed by atoms with Crippen molar-refractivity contribution in [1.82, 2.24) is 19.5 Å². The largest absolute Gasteiger partial charge is 0.367 e. The Morgan fingerprint density at radius 1 is 1.17 bits per heavy atom. The summed E-state index contributed by atoms with van der Waals surface area (Å²) >= 11 is 1.77. The number of imidazole rings is 1. The number of fused-ring (bicyclic) bond motifs is 2. The number of nitrogens with one attached hydrogen (secondary N) is 1. The van der Waals surface area contributed by atoms with E-state index in [2.05, 4.69) is 59.6 Å². The van der Waals surface area contributed by atoms with E-state index in [1.807, 2.05) is 22.8 Å². The van der Waals surface area contributed by atoms with Gasteiger partial charge in [0.05, 0.1) is 11.1 Å². The van der Waals surface area contributed by atoms with Gasteiger partial charge in [-0.25, -0.2) is 9.50 Å². The van der Waals surface area contributed by atoms with E-state index in [0.29, 0.717) is 0 Å². The Balaban J connectivity index is 1.70. The molecular formula is C18H19N5S. The molecule has 3 aromatic heterocycles. The van der Waals surface area contributed by atoms with Gasteiger partial charge < -0.3 is 10.2 Å². The zero-order chi connectivity index (χ0) is 16.5. The highest BCUT2D eigenvalue weighted by Crippen LogP contribution is 2.33. The van der Waals surface area contributed by atoms with Gasteiger partial charge in [0.1, 0.15) is 11.5 Å². The first-order valence-corrected chi connectivity index (χ1v) is 8.75. The van der Waals surface area contributed by atoms with Crippen molar-refractivity contribution in [1.29, 1.82) is 0 Å². The van der Waals surface area contributed by atoms with E-state index >= 15 is 0 Å². The van der Waals surface area contributed by atoms with Crippen LogP contribution in [0.15, 0.2) is 48.7 Å². The molecule has 0 amide bonds. The predicted molar refractivity (Wildman–Crippen MR) is 101 cm³/mol. The Labute approximate surface area is 144 Å². The third-order valence-corrected chi connectivity index (χ3v) is 5.04. The SMILES string of the molecule is CN(C)CCNc1ccc2ncc(-c3cc4ccccc4s3)n2n1. The van der Waals surface area contributed by atoms with Crippen LogP contribution < -0.4 is 5.32 Å². The Morgan fingerprint density at radius 3 is 2.88 bits per heavy atom. The van der Waals surface area contributed by atoms with E-state index in [-0.39, 0.29) is 0 Å². The lowest BCUT2D eigenvalue weighted by Crippen LogP contribution is -2.21. The molecule has 0 radical (unpaired) electrons. The molecule has 0 aliphatic heterocycles. The number of thiophene rings is 1. The van der Waals surface area contributed by atoms with Crippen LogP contribution in [0.1, 0.15) is 0 Å². The number of nitrogens with zero attached hydrogens (tertiary/aromatic N) is 4. The zero-order valence-corrected chi connectivity index (χ0v) is 14.5. The summed E-state index contributed by atoms with van der Waals surface area (Å²) in [5, 5.41) is 9.33. The van der Waals surface area contributed by atoms with Crippen molar-refractivity contribution in [2.75, 3.05) is 32.5 Å². The van der Waals surface area contributed by atoms with Gasteiger partial charge in [0, 0.05) is 17.8 Å². The molecule has 1 N–H and O–H groups in total. The lowest BCUT2D eigenvalue weighted by Gasteiger charge is -2.11. The minimum Gasteiger partial charge on any atom is -0.367 e. The summed E-state index contributed by atoms with van der Waals surface area (Å²) in [4.78, 5) is 7.81. The maximum atomic E-state index is 4.71. The molecule has 3 heterocycles. The summed E-state index contributed by atoms with van der Waals surface area (Å²) in [5.41, 5.74) is 1.89. The lowest BCUT2D eigenvalue weighted by atomic mass is 10.2. The van der Waals surface area contributed by atoms with Gasteiger partial charge in [0.15, 0.2) is 5.65 Å². The number of hydrogen-bond donors (Lipinski definition) is 1. The van der Waals surface area contributed by atoms with E-state index < -0.39 is 0 Å². The highest BCUT2D eigenvalue weighted by Gasteiger charge is 2.11. The molecule has 0 spiro atoms. The molecule has 1 aromatic carbocycles. The molecule has 0 bridgehead atoms. The van der Waals surface area contributed by atoms with Crippen molar-refractivity contribution < 1.29 is 0 Å². The standard InChI is InChI=1S/C18H19N5S/c1-22(2)10-9-19-17-7-8-18-20-12-14(23(18)21-17)16-11-13-5-3-4-6-15(13)24-16/h3-8,11-12H,9-10H2,1-2H3,(H,19,21). The van der Waals surface area contributed by atoms with E-state index in [1.54, 1.807) is 11.3 Å². The Kier molecular flexibility index (Phi) is 3.92. The van der Waals surface area contributed by atoms with E-state index in [0.717, 1.165) is 30.2 Å². The summed E-state index contributed by atoms with van der Waals surface area (Å²) in [6.45, 7) is 1.82. The second kappa shape index (κ2) is 6.22. The van der Waals surface area contributed by atoms with Gasteiger partial charge in [-0.1, -0.05) is 18.2 Å². The normalized spacial score (nSPS) is 11.6. The number of likely N-dealkylation sites (N-methyl/N-ethyl adjacent to an activating group) is 1. The molecular weight excluding hydrogens is 318 g/mol. The summed E-state index contributed by atoms with van der Waals surface area (Å²) in [5.74, 6) is 0.865. The predicted octanol–water partition coefficient (Wildman–Crippen LogP) is 3.58. The van der Waals surface area contributed by atoms with Crippen molar-refractivity contribution in [2.24, 2.45) is 0 Å². The van der Waals surface area contributed by atoms with Crippen LogP contribution in [0.5, 0.6) is 0 Å². The summed E-state index contributed by atoms with van der Waals surface area (Å²) in [7, 11) is 4.13. The fraction of sp³-hybridized carbons (Fsp3) is 0.222. The lowest BCUT2D eigenvalue weighted by molar-refractivity contribution is 0.425. The fourth-order valence-corrected chi connectivity index (χ4v) is 3.71. The second-order valence-corrected chi connectivity index (χ2v) is 7.09. The number of aromatic nitrogens is 3. The molecule has 4 aromatic rings. The maximum Gasteiger partial charge on any atom is 0.154 e. The average molecular weight is 337 g/mol. The minimum absolute atomic E-state index is 0.860. The number of hydrogen-bond acceptors (Lipinski definition) is 5. The molecule has 0 fully saturated rings. The molecule has 6 heteroatoms. The van der Waals surface area contributed by atoms with Crippen LogP contribution in [0.25, 0.3) is 26.3 Å². The summed E-state index contributed by atoms with van der Waals surface area (Å²) < 4.78 is 3.20. The molecule has 0 unspecified atom stereocenters. The zero-order valence-electron chi connectivity index (χ0n) is 13.7. The van der Waals surface area contributed by atoms with Crippen molar-refractivity contribution >= 4 is 32.9 Å². The van der Waals surface area contributed by atoms with Gasteiger partial charge in [-0.2, -0.15) is 0 Å². The van der Waals surface area contributed by atoms with Crippen molar-refractivity contribution in [3.05, 3.63) is 48.7 Å². The smallest absolute Gasteiger partial charge is 0.154 e. The Morgan fingerprint density at radius 2 is 2.04 bits per heavy atom. The van der Waals surface area contributed by atoms with Gasteiger partial charge in [-0.05, 0) is 43.7 Å². The van der Waals surface area contributed by atoms with Crippen LogP contribution in [0.2, 0.25) is 0 Å². The van der Waals surface area contributed by atoms with Gasteiger partial charge in [0.25, 0.3) is 0 Å². The summed E-state index contributed by atoms with van der Waals surface area (Å²) in [6, 6.07) is 14.6. The molecule has 24 heavy (non-hydrogen) atoms. The molecule has 0 aliphatic rings. The van der Waals surface area contributed by atoms with E-state index in [9.17, 15) is 0 Å². The average Bonchev–Trinajstić information content (AvgIpc) is 3.17. The van der Waals surface area contributed by atoms with Gasteiger partial charge in [-0.15, -0.1) is 16.4 Å². The minimum atomic E-state index is 0.860. The molecule has 122 valence electrons. The van der Waals surface area contributed by atoms with Gasteiger partial charge in [-0.3, -0.25) is 0 Å². The molecule has 5 nitrogen and oxygen atoms in total. The first-order valence-electron chi connectivity index (χ1n) is 7.93. The molecule has 0 atom stereocenters. The highest BCUT2D eigenvalue weighted by molar-refractivity contribution is 7.22. The van der Waals surface area contributed by atoms with Crippen LogP contribution >= 0.6 is 11.3 Å². The Bertz CT molecular complexity index is 952. The Hall–Kier alpha value is -2.44. The van der Waals surface area contributed by atoms with Crippen molar-refractivity contribution in [2.45, 2.75) is 0 Å². The number of benzene rings is 1. The molecule has 0 aliphatic carbocycles. The van der Waals surface area contributed by atoms with Crippen LogP contribution in [0, 0.1) is 0 Å². The van der Waals surface area contributed by atoms with Crippen molar-refractivity contribution in [3.8, 4) is 10.6 Å². The second-order valence-electron chi connectivity index (χ2n) is 6.01. The van der Waals surface area contributed by atoms with E-state index in [1.165, 1.54) is 15.0 Å². The van der Waals surface area contributed by atoms with Crippen molar-refractivity contribution in [3.63, 3.8) is 0 Å². The van der Waals surface area contributed by atoms with Gasteiger partial charge >= 0.3 is 0 Å². The number of anilines is 1. The van der Waals surface area contributed by atoms with E-state index in [4.69, 9.17) is 5.10 Å². The molecule has 4 rings (SSSR count). The summed E-state index contributed by atoms with van der Waals surface area (Å²) in [6.07, 6.45) is 1.90. The fourth-order valence-electron chi connectivity index (χ4n) is 2.65. The first-order chi connectivity index (χ1) is 11.7.